The van der Waals surface area contributed by atoms with E-state index in [1.54, 1.807) is 0 Å². The van der Waals surface area contributed by atoms with Crippen LogP contribution in [0, 0.1) is 3.57 Å². The van der Waals surface area contributed by atoms with Crippen molar-refractivity contribution in [2.24, 2.45) is 0 Å². The maximum Gasteiger partial charge on any atom is 0.227 e. The first kappa shape index (κ1) is 15.6. The number of aliphatic hydroxyl groups excluding tert-OH is 1. The lowest BCUT2D eigenvalue weighted by molar-refractivity contribution is 0.211. The van der Waals surface area contributed by atoms with Gasteiger partial charge in [0.05, 0.1) is 12.0 Å². The van der Waals surface area contributed by atoms with E-state index < -0.39 is 6.10 Å². The van der Waals surface area contributed by atoms with Crippen molar-refractivity contribution >= 4 is 51.0 Å². The van der Waals surface area contributed by atoms with Crippen LogP contribution in [0.1, 0.15) is 0 Å². The first-order valence-corrected chi connectivity index (χ1v) is 8.41. The van der Waals surface area contributed by atoms with Crippen LogP contribution >= 0.6 is 34.2 Å². The Kier molecular flexibility index (Phi) is 4.85. The Morgan fingerprint density at radius 3 is 2.91 bits per heavy atom. The van der Waals surface area contributed by atoms with Crippen molar-refractivity contribution in [3.05, 3.63) is 46.0 Å². The minimum absolute atomic E-state index is 0.204. The largest absolute Gasteiger partial charge is 0.436 e. The third-order valence-corrected chi connectivity index (χ3v) is 4.21. The molecule has 1 heterocycles. The Morgan fingerprint density at radius 2 is 2.14 bits per heavy atom. The number of oxazole rings is 1. The van der Waals surface area contributed by atoms with Gasteiger partial charge in [0.25, 0.3) is 0 Å². The smallest absolute Gasteiger partial charge is 0.227 e. The summed E-state index contributed by atoms with van der Waals surface area (Å²) < 4.78 is 6.93. The number of halogens is 2. The van der Waals surface area contributed by atoms with Gasteiger partial charge in [-0.3, -0.25) is 0 Å². The fraction of sp³-hybridized carbons (Fsp3) is 0.188. The van der Waals surface area contributed by atoms with Gasteiger partial charge in [0.2, 0.25) is 5.89 Å². The van der Waals surface area contributed by atoms with Gasteiger partial charge in [0.1, 0.15) is 5.52 Å². The number of nitrogens with one attached hydrogen (secondary N) is 1. The lowest BCUT2D eigenvalue weighted by Gasteiger charge is -2.09. The highest BCUT2D eigenvalue weighted by Crippen LogP contribution is 2.27. The quantitative estimate of drug-likeness (QED) is 0.474. The van der Waals surface area contributed by atoms with Gasteiger partial charge in [0.15, 0.2) is 5.58 Å². The molecule has 1 atom stereocenters. The van der Waals surface area contributed by atoms with E-state index in [-0.39, 0.29) is 5.88 Å². The molecule has 4 nitrogen and oxygen atoms in total. The van der Waals surface area contributed by atoms with Gasteiger partial charge in [-0.2, -0.15) is 0 Å². The molecular weight excluding hydrogens is 415 g/mol. The molecule has 0 aliphatic carbocycles. The molecule has 114 valence electrons. The van der Waals surface area contributed by atoms with Crippen molar-refractivity contribution in [1.29, 1.82) is 0 Å². The van der Waals surface area contributed by atoms with E-state index in [0.29, 0.717) is 12.4 Å². The molecule has 22 heavy (non-hydrogen) atoms. The van der Waals surface area contributed by atoms with E-state index in [9.17, 15) is 5.11 Å². The van der Waals surface area contributed by atoms with Gasteiger partial charge in [-0.25, -0.2) is 4.98 Å². The van der Waals surface area contributed by atoms with Gasteiger partial charge in [-0.15, -0.1) is 11.6 Å². The first-order chi connectivity index (χ1) is 10.7. The highest BCUT2D eigenvalue weighted by Gasteiger charge is 2.09. The molecule has 0 fully saturated rings. The molecular formula is C16H14ClIN2O2. The molecule has 2 N–H and O–H groups in total. The molecule has 0 aliphatic rings. The number of aromatic nitrogens is 1. The number of hydrogen-bond acceptors (Lipinski definition) is 4. The number of nitrogens with zero attached hydrogens (tertiary/aromatic N) is 1. The summed E-state index contributed by atoms with van der Waals surface area (Å²) in [6.45, 7) is 0.399. The second kappa shape index (κ2) is 6.85. The Hall–Kier alpha value is -1.31. The van der Waals surface area contributed by atoms with Gasteiger partial charge < -0.3 is 14.8 Å². The van der Waals surface area contributed by atoms with Crippen molar-refractivity contribution in [3.63, 3.8) is 0 Å². The Bertz CT molecular complexity index is 791. The van der Waals surface area contributed by atoms with Crippen LogP contribution < -0.4 is 5.32 Å². The van der Waals surface area contributed by atoms with E-state index in [0.717, 1.165) is 25.9 Å². The predicted molar refractivity (Wildman–Crippen MR) is 97.4 cm³/mol. The highest BCUT2D eigenvalue weighted by atomic mass is 127. The standard InChI is InChI=1S/C16H14ClIN2O2/c17-8-13(21)9-19-12-4-5-15-14(7-12)20-16(22-15)10-2-1-3-11(18)6-10/h1-7,13,19,21H,8-9H2. The van der Waals surface area contributed by atoms with Crippen LogP contribution in [0.25, 0.3) is 22.6 Å². The average Bonchev–Trinajstić information content (AvgIpc) is 2.95. The summed E-state index contributed by atoms with van der Waals surface area (Å²) in [5.41, 5.74) is 3.34. The fourth-order valence-electron chi connectivity index (χ4n) is 2.07. The van der Waals surface area contributed by atoms with Gasteiger partial charge >= 0.3 is 0 Å². The molecule has 1 aromatic heterocycles. The third-order valence-electron chi connectivity index (χ3n) is 3.18. The summed E-state index contributed by atoms with van der Waals surface area (Å²) in [6, 6.07) is 13.7. The van der Waals surface area contributed by atoms with Crippen LogP contribution in [0.4, 0.5) is 5.69 Å². The molecule has 0 spiro atoms. The van der Waals surface area contributed by atoms with Crippen LogP contribution in [-0.4, -0.2) is 28.6 Å². The van der Waals surface area contributed by atoms with E-state index in [2.05, 4.69) is 32.9 Å². The maximum absolute atomic E-state index is 9.48. The maximum atomic E-state index is 9.48. The minimum atomic E-state index is -0.573. The number of benzene rings is 2. The van der Waals surface area contributed by atoms with Gasteiger partial charge in [0, 0.05) is 21.4 Å². The van der Waals surface area contributed by atoms with Gasteiger partial charge in [-0.1, -0.05) is 6.07 Å². The van der Waals surface area contributed by atoms with Crippen LogP contribution in [0.5, 0.6) is 0 Å². The summed E-state index contributed by atoms with van der Waals surface area (Å²) in [5, 5.41) is 12.6. The zero-order valence-electron chi connectivity index (χ0n) is 11.6. The fourth-order valence-corrected chi connectivity index (χ4v) is 2.72. The van der Waals surface area contributed by atoms with Crippen LogP contribution in [0.3, 0.4) is 0 Å². The summed E-state index contributed by atoms with van der Waals surface area (Å²) in [6.07, 6.45) is -0.573. The van der Waals surface area contributed by atoms with E-state index >= 15 is 0 Å². The van der Waals surface area contributed by atoms with Crippen molar-refractivity contribution in [1.82, 2.24) is 4.98 Å². The summed E-state index contributed by atoms with van der Waals surface area (Å²) in [7, 11) is 0. The van der Waals surface area contributed by atoms with E-state index in [1.807, 2.05) is 42.5 Å². The summed E-state index contributed by atoms with van der Waals surface area (Å²) in [4.78, 5) is 4.53. The lowest BCUT2D eigenvalue weighted by atomic mass is 10.2. The van der Waals surface area contributed by atoms with Crippen molar-refractivity contribution < 1.29 is 9.52 Å². The molecule has 0 saturated carbocycles. The molecule has 0 bridgehead atoms. The van der Waals surface area contributed by atoms with Crippen LogP contribution in [-0.2, 0) is 0 Å². The molecule has 6 heteroatoms. The van der Waals surface area contributed by atoms with E-state index in [1.165, 1.54) is 0 Å². The molecule has 0 aliphatic heterocycles. The monoisotopic (exact) mass is 428 g/mol. The lowest BCUT2D eigenvalue weighted by Crippen LogP contribution is -2.20. The zero-order valence-corrected chi connectivity index (χ0v) is 14.5. The molecule has 0 radical (unpaired) electrons. The van der Waals surface area contributed by atoms with Crippen LogP contribution in [0.15, 0.2) is 46.9 Å². The summed E-state index contributed by atoms with van der Waals surface area (Å²) in [5.74, 6) is 0.808. The Balaban J connectivity index is 1.87. The summed E-state index contributed by atoms with van der Waals surface area (Å²) >= 11 is 7.84. The molecule has 3 aromatic rings. The zero-order chi connectivity index (χ0) is 15.5. The SMILES string of the molecule is OC(CCl)CNc1ccc2oc(-c3cccc(I)c3)nc2c1. The Labute approximate surface area is 146 Å². The van der Waals surface area contributed by atoms with Gasteiger partial charge in [-0.05, 0) is 59.0 Å². The second-order valence-electron chi connectivity index (χ2n) is 4.90. The number of fused-ring (bicyclic) bond motifs is 1. The second-order valence-corrected chi connectivity index (χ2v) is 6.46. The normalized spacial score (nSPS) is 12.5. The number of aliphatic hydroxyl groups is 1. The van der Waals surface area contributed by atoms with Crippen molar-refractivity contribution in [2.45, 2.75) is 6.10 Å². The molecule has 2 aromatic carbocycles. The van der Waals surface area contributed by atoms with Crippen LogP contribution in [0.2, 0.25) is 0 Å². The number of hydrogen-bond donors (Lipinski definition) is 2. The predicted octanol–water partition coefficient (Wildman–Crippen LogP) is 4.11. The molecule has 0 saturated heterocycles. The third kappa shape index (κ3) is 3.53. The molecule has 1 unspecified atom stereocenters. The van der Waals surface area contributed by atoms with Crippen molar-refractivity contribution in [2.75, 3.05) is 17.7 Å². The Morgan fingerprint density at radius 1 is 1.27 bits per heavy atom. The number of rotatable bonds is 5. The van der Waals surface area contributed by atoms with E-state index in [4.69, 9.17) is 16.0 Å². The highest BCUT2D eigenvalue weighted by molar-refractivity contribution is 14.1. The molecule has 3 rings (SSSR count). The minimum Gasteiger partial charge on any atom is -0.436 e. The number of alkyl halides is 1. The van der Waals surface area contributed by atoms with Crippen molar-refractivity contribution in [3.8, 4) is 11.5 Å². The average molecular weight is 429 g/mol. The topological polar surface area (TPSA) is 58.3 Å². The number of anilines is 1. The first-order valence-electron chi connectivity index (χ1n) is 6.80. The molecule has 0 amide bonds.